The largest absolute Gasteiger partial charge is 0.483 e. The Bertz CT molecular complexity index is 1210. The highest BCUT2D eigenvalue weighted by Crippen LogP contribution is 2.35. The Hall–Kier alpha value is -3.37. The van der Waals surface area contributed by atoms with Gasteiger partial charge in [0.25, 0.3) is 12.3 Å². The second kappa shape index (κ2) is 10.7. The monoisotopic (exact) mass is 490 g/mol. The summed E-state index contributed by atoms with van der Waals surface area (Å²) in [4.78, 5) is 19.2. The zero-order valence-electron chi connectivity index (χ0n) is 18.9. The van der Waals surface area contributed by atoms with Crippen molar-refractivity contribution in [3.8, 4) is 27.3 Å². The van der Waals surface area contributed by atoms with Crippen LogP contribution < -0.4 is 16.2 Å². The van der Waals surface area contributed by atoms with Crippen LogP contribution in [0.1, 0.15) is 22.8 Å². The highest BCUT2D eigenvalue weighted by molar-refractivity contribution is 7.13. The molecule has 6 nitrogen and oxygen atoms in total. The van der Waals surface area contributed by atoms with Gasteiger partial charge in [0.05, 0.1) is 5.56 Å². The summed E-state index contributed by atoms with van der Waals surface area (Å²) < 4.78 is 44.5. The van der Waals surface area contributed by atoms with E-state index < -0.39 is 24.3 Å². The van der Waals surface area contributed by atoms with E-state index in [2.05, 4.69) is 21.3 Å². The fourth-order valence-corrected chi connectivity index (χ4v) is 4.20. The molecule has 0 aliphatic carbocycles. The Morgan fingerprint density at radius 2 is 1.97 bits per heavy atom. The number of hydrogen-bond donors (Lipinski definition) is 2. The van der Waals surface area contributed by atoms with Crippen LogP contribution in [-0.2, 0) is 6.54 Å². The second-order valence-corrected chi connectivity index (χ2v) is 8.85. The van der Waals surface area contributed by atoms with Crippen molar-refractivity contribution >= 4 is 23.1 Å². The van der Waals surface area contributed by atoms with Gasteiger partial charge in [-0.15, -0.1) is 11.3 Å². The molecule has 34 heavy (non-hydrogen) atoms. The van der Waals surface area contributed by atoms with Crippen LogP contribution in [0.2, 0.25) is 0 Å². The van der Waals surface area contributed by atoms with Gasteiger partial charge in [0.2, 0.25) is 0 Å². The molecule has 0 saturated heterocycles. The lowest BCUT2D eigenvalue weighted by Crippen LogP contribution is -2.18. The lowest BCUT2D eigenvalue weighted by atomic mass is 10.0. The van der Waals surface area contributed by atoms with Gasteiger partial charge in [-0.3, -0.25) is 4.79 Å². The van der Waals surface area contributed by atoms with Crippen molar-refractivity contribution in [1.82, 2.24) is 9.88 Å². The van der Waals surface area contributed by atoms with Crippen molar-refractivity contribution in [2.45, 2.75) is 26.0 Å². The van der Waals surface area contributed by atoms with Gasteiger partial charge in [-0.25, -0.2) is 18.2 Å². The number of alkyl halides is 2. The number of carbonyl (C=O) groups excluding carboxylic acids is 1. The van der Waals surface area contributed by atoms with Crippen molar-refractivity contribution in [3.63, 3.8) is 0 Å². The molecular weight excluding hydrogens is 465 g/mol. The Kier molecular flexibility index (Phi) is 7.95. The number of nitrogen functional groups attached to an aromatic ring is 1. The van der Waals surface area contributed by atoms with Crippen LogP contribution in [0, 0.1) is 0 Å². The number of allylic oxidation sites excluding steroid dienone is 1. The standard InChI is InChI=1S/C24H25F3N4O2S/c1-13(19(25)9-22(26)27)33-20-8-15(4-5-17(20)24(29)32)18-7-16(10-30-23(18)28)21-6-14(12-34-21)11-31(2)3/h4-10,12-13,22H,11H2,1-3H3,(H2,28,30)(H2,29,32)/b19-9-. The van der Waals surface area contributed by atoms with Gasteiger partial charge in [-0.05, 0) is 61.8 Å². The first kappa shape index (κ1) is 25.3. The maximum atomic E-state index is 14.0. The fraction of sp³-hybridized carbons (Fsp3) is 0.250. The highest BCUT2D eigenvalue weighted by atomic mass is 32.1. The van der Waals surface area contributed by atoms with Crippen molar-refractivity contribution < 1.29 is 22.7 Å². The molecule has 0 fully saturated rings. The summed E-state index contributed by atoms with van der Waals surface area (Å²) in [5.41, 5.74) is 14.6. The van der Waals surface area contributed by atoms with Gasteiger partial charge in [0.1, 0.15) is 23.5 Å². The number of anilines is 1. The van der Waals surface area contributed by atoms with Crippen molar-refractivity contribution in [2.24, 2.45) is 5.73 Å². The van der Waals surface area contributed by atoms with Crippen molar-refractivity contribution in [3.05, 3.63) is 64.9 Å². The molecule has 4 N–H and O–H groups in total. The number of carbonyl (C=O) groups is 1. The normalized spacial score (nSPS) is 12.9. The quantitative estimate of drug-likeness (QED) is 0.435. The number of nitrogens with zero attached hydrogens (tertiary/aromatic N) is 2. The van der Waals surface area contributed by atoms with Gasteiger partial charge in [0, 0.05) is 34.8 Å². The average Bonchev–Trinajstić information content (AvgIpc) is 3.21. The first-order valence-corrected chi connectivity index (χ1v) is 11.2. The van der Waals surface area contributed by atoms with Crippen LogP contribution in [0.15, 0.2) is 53.8 Å². The molecular formula is C24H25F3N4O2S. The first-order valence-electron chi connectivity index (χ1n) is 10.3. The van der Waals surface area contributed by atoms with Crippen LogP contribution in [0.4, 0.5) is 19.0 Å². The predicted octanol–water partition coefficient (Wildman–Crippen LogP) is 5.11. The lowest BCUT2D eigenvalue weighted by Gasteiger charge is -2.17. The molecule has 0 bridgehead atoms. The molecule has 0 spiro atoms. The number of primary amides is 1. The molecule has 2 aromatic heterocycles. The van der Waals surface area contributed by atoms with E-state index in [1.165, 1.54) is 19.1 Å². The Morgan fingerprint density at radius 3 is 2.62 bits per heavy atom. The number of aromatic nitrogens is 1. The molecule has 3 aromatic rings. The van der Waals surface area contributed by atoms with E-state index in [-0.39, 0.29) is 23.2 Å². The molecule has 180 valence electrons. The summed E-state index contributed by atoms with van der Waals surface area (Å²) in [5.74, 6) is -1.78. The molecule has 1 amide bonds. The minimum atomic E-state index is -2.97. The minimum absolute atomic E-state index is 0.0188. The maximum absolute atomic E-state index is 14.0. The molecule has 0 radical (unpaired) electrons. The number of benzene rings is 1. The van der Waals surface area contributed by atoms with E-state index in [4.69, 9.17) is 16.2 Å². The van der Waals surface area contributed by atoms with Crippen LogP contribution >= 0.6 is 11.3 Å². The Morgan fingerprint density at radius 1 is 1.24 bits per heavy atom. The van der Waals surface area contributed by atoms with Crippen LogP contribution in [0.25, 0.3) is 21.6 Å². The summed E-state index contributed by atoms with van der Waals surface area (Å²) >= 11 is 1.58. The third-order valence-electron chi connectivity index (χ3n) is 4.89. The van der Waals surface area contributed by atoms with E-state index in [9.17, 15) is 18.0 Å². The van der Waals surface area contributed by atoms with E-state index in [1.807, 2.05) is 20.2 Å². The number of ether oxygens (including phenoxy) is 1. The second-order valence-electron chi connectivity index (χ2n) is 7.94. The number of thiophene rings is 1. The van der Waals surface area contributed by atoms with Gasteiger partial charge in [-0.2, -0.15) is 0 Å². The van der Waals surface area contributed by atoms with Gasteiger partial charge < -0.3 is 21.1 Å². The average molecular weight is 491 g/mol. The minimum Gasteiger partial charge on any atom is -0.483 e. The summed E-state index contributed by atoms with van der Waals surface area (Å²) in [6, 6.07) is 8.44. The molecule has 2 heterocycles. The third-order valence-corrected chi connectivity index (χ3v) is 5.92. The number of amides is 1. The number of nitrogens with two attached hydrogens (primary N) is 2. The summed E-state index contributed by atoms with van der Waals surface area (Å²) in [5, 5.41) is 2.07. The summed E-state index contributed by atoms with van der Waals surface area (Å²) in [6.45, 7) is 2.06. The van der Waals surface area contributed by atoms with Crippen LogP contribution in [0.5, 0.6) is 5.75 Å². The van der Waals surface area contributed by atoms with Gasteiger partial charge in [0.15, 0.2) is 0 Å². The van der Waals surface area contributed by atoms with Gasteiger partial charge in [-0.1, -0.05) is 6.07 Å². The SMILES string of the molecule is CC(Oc1cc(-c2cc(-c3cc(CN(C)C)cs3)cnc2N)ccc1C(N)=O)/C(F)=C/C(F)F. The number of rotatable bonds is 9. The highest BCUT2D eigenvalue weighted by Gasteiger charge is 2.19. The van der Waals surface area contributed by atoms with E-state index in [1.54, 1.807) is 23.6 Å². The zero-order chi connectivity index (χ0) is 25.0. The third kappa shape index (κ3) is 6.15. The molecule has 0 aliphatic heterocycles. The fourth-order valence-electron chi connectivity index (χ4n) is 3.31. The lowest BCUT2D eigenvalue weighted by molar-refractivity contribution is 0.0993. The maximum Gasteiger partial charge on any atom is 0.259 e. The van der Waals surface area contributed by atoms with Crippen LogP contribution in [0.3, 0.4) is 0 Å². The molecule has 1 aromatic carbocycles. The van der Waals surface area contributed by atoms with Crippen molar-refractivity contribution in [2.75, 3.05) is 19.8 Å². The Balaban J connectivity index is 1.99. The van der Waals surface area contributed by atoms with E-state index >= 15 is 0 Å². The molecule has 0 saturated carbocycles. The van der Waals surface area contributed by atoms with Crippen LogP contribution in [-0.4, -0.2) is 42.4 Å². The molecule has 0 aliphatic rings. The molecule has 1 atom stereocenters. The predicted molar refractivity (Wildman–Crippen MR) is 129 cm³/mol. The number of halogens is 3. The molecule has 10 heteroatoms. The van der Waals surface area contributed by atoms with E-state index in [0.717, 1.165) is 22.5 Å². The summed E-state index contributed by atoms with van der Waals surface area (Å²) in [6.07, 6.45) is -2.51. The van der Waals surface area contributed by atoms with E-state index in [0.29, 0.717) is 11.1 Å². The molecule has 1 unspecified atom stereocenters. The number of pyridine rings is 1. The zero-order valence-corrected chi connectivity index (χ0v) is 19.7. The van der Waals surface area contributed by atoms with Gasteiger partial charge >= 0.3 is 0 Å². The first-order chi connectivity index (χ1) is 16.0. The Labute approximate surface area is 199 Å². The smallest absolute Gasteiger partial charge is 0.259 e. The van der Waals surface area contributed by atoms with Crippen molar-refractivity contribution in [1.29, 1.82) is 0 Å². The topological polar surface area (TPSA) is 94.5 Å². The number of hydrogen-bond acceptors (Lipinski definition) is 6. The summed E-state index contributed by atoms with van der Waals surface area (Å²) in [7, 11) is 3.98. The molecule has 3 rings (SSSR count).